The number of nitrogens with one attached hydrogen (secondary N) is 4. The Hall–Kier alpha value is -3.79. The van der Waals surface area contributed by atoms with Crippen molar-refractivity contribution in [2.24, 2.45) is 11.3 Å². The molecule has 49 heavy (non-hydrogen) atoms. The summed E-state index contributed by atoms with van der Waals surface area (Å²) in [5.74, 6) is -2.82. The number of hydrogen-bond donors (Lipinski definition) is 4. The highest BCUT2D eigenvalue weighted by Gasteiger charge is 2.62. The summed E-state index contributed by atoms with van der Waals surface area (Å²) in [7, 11) is -3.91. The number of carbonyl (C=O) groups excluding carboxylic acids is 5. The smallest absolute Gasteiger partial charge is 0.411 e. The van der Waals surface area contributed by atoms with E-state index in [0.717, 1.165) is 4.90 Å². The molecule has 2 unspecified atom stereocenters. The number of rotatable bonds is 11. The lowest BCUT2D eigenvalue weighted by molar-refractivity contribution is -0.143. The van der Waals surface area contributed by atoms with Gasteiger partial charge in [-0.05, 0) is 63.8 Å². The topological polar surface area (TPSA) is 189 Å². The molecular weight excluding hydrogens is 675 g/mol. The van der Waals surface area contributed by atoms with Crippen LogP contribution in [0.25, 0.3) is 0 Å². The average Bonchev–Trinajstić information content (AvgIpc) is 3.91. The van der Waals surface area contributed by atoms with Gasteiger partial charge in [0.25, 0.3) is 5.91 Å². The molecule has 14 nitrogen and oxygen atoms in total. The van der Waals surface area contributed by atoms with Crippen LogP contribution < -0.4 is 20.7 Å². The molecule has 0 bridgehead atoms. The fourth-order valence-corrected chi connectivity index (χ4v) is 7.59. The van der Waals surface area contributed by atoms with Crippen molar-refractivity contribution in [1.82, 2.24) is 20.3 Å². The Kier molecular flexibility index (Phi) is 11.0. The molecule has 5 amide bonds. The molecule has 1 saturated heterocycles. The molecule has 1 aromatic rings. The zero-order chi connectivity index (χ0) is 36.5. The molecule has 270 valence electrons. The number of carbonyl (C=O) groups is 5. The van der Waals surface area contributed by atoms with E-state index in [9.17, 15) is 32.4 Å². The van der Waals surface area contributed by atoms with Gasteiger partial charge in [-0.1, -0.05) is 39.0 Å². The third-order valence-electron chi connectivity index (χ3n) is 8.49. The lowest BCUT2D eigenvalue weighted by atomic mass is 9.85. The minimum Gasteiger partial charge on any atom is -0.444 e. The minimum absolute atomic E-state index is 0.108. The van der Waals surface area contributed by atoms with E-state index >= 15 is 0 Å². The number of hydrogen-bond acceptors (Lipinski definition) is 10. The number of para-hydroxylation sites is 1. The Morgan fingerprint density at radius 1 is 1.06 bits per heavy atom. The summed E-state index contributed by atoms with van der Waals surface area (Å²) in [4.78, 5) is 69.5. The fourth-order valence-electron chi connectivity index (χ4n) is 5.67. The van der Waals surface area contributed by atoms with Gasteiger partial charge in [0, 0.05) is 17.2 Å². The number of anilines is 1. The molecular formula is C33H47N5O9S2. The van der Waals surface area contributed by atoms with Gasteiger partial charge in [0.15, 0.2) is 0 Å². The summed E-state index contributed by atoms with van der Waals surface area (Å²) in [6.45, 7) is 13.8. The molecule has 1 aromatic carbocycles. The van der Waals surface area contributed by atoms with Crippen LogP contribution in [0.2, 0.25) is 0 Å². The maximum absolute atomic E-state index is 14.3. The van der Waals surface area contributed by atoms with Gasteiger partial charge in [-0.15, -0.1) is 18.3 Å². The molecule has 0 radical (unpaired) electrons. The summed E-state index contributed by atoms with van der Waals surface area (Å²) < 4.78 is 38.4. The van der Waals surface area contributed by atoms with Crippen LogP contribution in [0.4, 0.5) is 15.3 Å². The molecule has 5 atom stereocenters. The van der Waals surface area contributed by atoms with Crippen molar-refractivity contribution in [3.8, 4) is 0 Å². The second-order valence-corrected chi connectivity index (χ2v) is 17.5. The maximum Gasteiger partial charge on any atom is 0.411 e. The van der Waals surface area contributed by atoms with Crippen LogP contribution >= 0.6 is 11.8 Å². The van der Waals surface area contributed by atoms with Crippen molar-refractivity contribution in [2.75, 3.05) is 18.1 Å². The average molecular weight is 722 g/mol. The first-order valence-electron chi connectivity index (χ1n) is 16.1. The molecule has 0 spiro atoms. The third kappa shape index (κ3) is 9.26. The van der Waals surface area contributed by atoms with Crippen LogP contribution in [0.3, 0.4) is 0 Å². The van der Waals surface area contributed by atoms with Crippen molar-refractivity contribution < 1.29 is 41.9 Å². The number of alkyl carbamates (subject to hydrolysis) is 1. The highest BCUT2D eigenvalue weighted by atomic mass is 32.2. The second-order valence-electron chi connectivity index (χ2n) is 14.7. The standard InChI is InChI=1S/C33H47N5O9S2/c1-9-19-17-33(19,28(41)37-49(44,45)21-14-15-21)36-26(39)23-16-20(46-29(42)34-22-12-10-11-13-24(22)48-8)18-38(23)27(40)25(31(2,3)4)35-30(43)47-32(5,6)7/h9-13,19-21,23,25H,1,14-18H2,2-8H3,(H,34,42)(H,35,43)(H,36,39)(H,37,41)/t19?,20-,23+,25-,33?/m1/s1. The number of sulfonamides is 1. The van der Waals surface area contributed by atoms with Gasteiger partial charge >= 0.3 is 12.2 Å². The van der Waals surface area contributed by atoms with Gasteiger partial charge in [-0.25, -0.2) is 18.0 Å². The van der Waals surface area contributed by atoms with E-state index in [4.69, 9.17) is 9.47 Å². The van der Waals surface area contributed by atoms with Gasteiger partial charge in [0.05, 0.1) is 17.5 Å². The van der Waals surface area contributed by atoms with Gasteiger partial charge in [0.2, 0.25) is 21.8 Å². The number of amides is 5. The molecule has 2 aliphatic carbocycles. The lowest BCUT2D eigenvalue weighted by Gasteiger charge is -2.36. The Balaban J connectivity index is 1.59. The maximum atomic E-state index is 14.3. The SMILES string of the molecule is C=CC1CC1(NC(=O)[C@@H]1C[C@@H](OC(=O)Nc2ccccc2SC)CN1C(=O)[C@@H](NC(=O)OC(C)(C)C)C(C)(C)C)C(=O)NS(=O)(=O)C1CC1. The molecule has 0 aromatic heterocycles. The van der Waals surface area contributed by atoms with E-state index in [1.165, 1.54) is 22.7 Å². The Labute approximate surface area is 291 Å². The molecule has 3 fully saturated rings. The van der Waals surface area contributed by atoms with Crippen molar-refractivity contribution in [2.45, 2.75) is 107 Å². The van der Waals surface area contributed by atoms with E-state index in [-0.39, 0.29) is 19.4 Å². The third-order valence-corrected chi connectivity index (χ3v) is 11.1. The van der Waals surface area contributed by atoms with Crippen molar-refractivity contribution in [3.63, 3.8) is 0 Å². The normalized spacial score (nSPS) is 24.2. The van der Waals surface area contributed by atoms with Crippen LogP contribution in [-0.2, 0) is 33.9 Å². The first kappa shape index (κ1) is 38.0. The summed E-state index contributed by atoms with van der Waals surface area (Å²) in [5.41, 5.74) is -2.77. The molecule has 1 heterocycles. The number of benzene rings is 1. The van der Waals surface area contributed by atoms with Crippen LogP contribution in [0, 0.1) is 11.3 Å². The monoisotopic (exact) mass is 721 g/mol. The summed E-state index contributed by atoms with van der Waals surface area (Å²) in [6, 6.07) is 4.72. The first-order valence-corrected chi connectivity index (χ1v) is 18.9. The highest BCUT2D eigenvalue weighted by molar-refractivity contribution is 7.98. The summed E-state index contributed by atoms with van der Waals surface area (Å²) >= 11 is 1.43. The minimum atomic E-state index is -3.91. The Morgan fingerprint density at radius 3 is 2.27 bits per heavy atom. The highest BCUT2D eigenvalue weighted by Crippen LogP contribution is 2.45. The van der Waals surface area contributed by atoms with E-state index in [2.05, 4.69) is 27.3 Å². The Bertz CT molecular complexity index is 1600. The number of nitrogens with zero attached hydrogens (tertiary/aromatic N) is 1. The van der Waals surface area contributed by atoms with Gasteiger partial charge < -0.3 is 25.0 Å². The van der Waals surface area contributed by atoms with Crippen LogP contribution in [-0.4, -0.2) is 90.6 Å². The summed E-state index contributed by atoms with van der Waals surface area (Å²) in [6.07, 6.45) is 1.60. The fraction of sp³-hybridized carbons (Fsp3) is 0.606. The van der Waals surface area contributed by atoms with E-state index in [1.54, 1.807) is 53.7 Å². The zero-order valence-corrected chi connectivity index (χ0v) is 30.6. The van der Waals surface area contributed by atoms with Crippen LogP contribution in [0.15, 0.2) is 41.8 Å². The van der Waals surface area contributed by atoms with Gasteiger partial charge in [-0.3, -0.25) is 24.4 Å². The van der Waals surface area contributed by atoms with Crippen LogP contribution in [0.1, 0.15) is 67.2 Å². The molecule has 4 N–H and O–H groups in total. The van der Waals surface area contributed by atoms with Crippen molar-refractivity contribution in [3.05, 3.63) is 36.9 Å². The van der Waals surface area contributed by atoms with E-state index in [1.807, 2.05) is 18.4 Å². The van der Waals surface area contributed by atoms with Crippen molar-refractivity contribution in [1.29, 1.82) is 0 Å². The Morgan fingerprint density at radius 2 is 1.71 bits per heavy atom. The predicted octanol–water partition coefficient (Wildman–Crippen LogP) is 3.54. The first-order chi connectivity index (χ1) is 22.7. The van der Waals surface area contributed by atoms with E-state index < -0.39 is 85.8 Å². The number of ether oxygens (including phenoxy) is 2. The quantitative estimate of drug-likeness (QED) is 0.194. The molecule has 1 aliphatic heterocycles. The van der Waals surface area contributed by atoms with Gasteiger partial charge in [-0.2, -0.15) is 0 Å². The number of likely N-dealkylation sites (tertiary alicyclic amines) is 1. The van der Waals surface area contributed by atoms with Gasteiger partial charge in [0.1, 0.15) is 29.3 Å². The van der Waals surface area contributed by atoms with Crippen molar-refractivity contribution >= 4 is 57.4 Å². The molecule has 16 heteroatoms. The summed E-state index contributed by atoms with van der Waals surface area (Å²) in [5, 5.41) is 7.38. The van der Waals surface area contributed by atoms with Crippen LogP contribution in [0.5, 0.6) is 0 Å². The zero-order valence-electron chi connectivity index (χ0n) is 29.0. The predicted molar refractivity (Wildman–Crippen MR) is 184 cm³/mol. The molecule has 2 saturated carbocycles. The molecule has 3 aliphatic rings. The van der Waals surface area contributed by atoms with E-state index in [0.29, 0.717) is 18.5 Å². The second kappa shape index (κ2) is 14.2. The lowest BCUT2D eigenvalue weighted by Crippen LogP contribution is -2.60. The largest absolute Gasteiger partial charge is 0.444 e. The number of thioether (sulfide) groups is 1. The molecule has 4 rings (SSSR count).